The maximum Gasteiger partial charge on any atom is -0.0357 e. The molecule has 0 atom stereocenters. The number of hydrogen-bond acceptors (Lipinski definition) is 0. The van der Waals surface area contributed by atoms with E-state index >= 15 is 0 Å². The third-order valence-electron chi connectivity index (χ3n) is 5.81. The average molecular weight is 220 g/mol. The lowest BCUT2D eigenvalue weighted by Gasteiger charge is -2.54. The molecule has 0 aromatic heterocycles. The van der Waals surface area contributed by atoms with Crippen LogP contribution in [0.5, 0.6) is 0 Å². The predicted molar refractivity (Wildman–Crippen MR) is 69.3 cm³/mol. The van der Waals surface area contributed by atoms with Gasteiger partial charge >= 0.3 is 0 Å². The minimum atomic E-state index is 1.16. The third-order valence-corrected chi connectivity index (χ3v) is 5.81. The van der Waals surface area contributed by atoms with E-state index in [1.165, 1.54) is 25.7 Å². The number of rotatable bonds is 5. The van der Waals surface area contributed by atoms with E-state index in [1.54, 1.807) is 38.5 Å². The summed E-state index contributed by atoms with van der Waals surface area (Å²) in [5.41, 5.74) is 0. The molecule has 0 heterocycles. The normalized spacial score (nSPS) is 45.2. The summed E-state index contributed by atoms with van der Waals surface area (Å²) in [6.07, 6.45) is 15.5. The molecule has 0 aromatic rings. The Bertz CT molecular complexity index is 202. The Labute approximate surface area is 101 Å². The molecule has 0 spiro atoms. The molecule has 4 aliphatic rings. The molecule has 16 heavy (non-hydrogen) atoms. The number of unbranched alkanes of at least 4 members (excludes halogenated alkanes) is 3. The van der Waals surface area contributed by atoms with Crippen molar-refractivity contribution in [2.75, 3.05) is 0 Å². The standard InChI is InChI=1S/C16H28/c1-2-3-4-5-6-16-14-8-12-7-13(10-14)11-15(16)9-12/h12-16H,2-11H2,1H3. The Morgan fingerprint density at radius 3 is 1.94 bits per heavy atom. The maximum atomic E-state index is 2.32. The Morgan fingerprint density at radius 1 is 0.750 bits per heavy atom. The first kappa shape index (κ1) is 11.1. The van der Waals surface area contributed by atoms with E-state index in [-0.39, 0.29) is 0 Å². The minimum Gasteiger partial charge on any atom is -0.0654 e. The van der Waals surface area contributed by atoms with Crippen LogP contribution in [0.2, 0.25) is 0 Å². The van der Waals surface area contributed by atoms with Gasteiger partial charge < -0.3 is 0 Å². The van der Waals surface area contributed by atoms with Gasteiger partial charge in [0.15, 0.2) is 0 Å². The van der Waals surface area contributed by atoms with E-state index in [2.05, 4.69) is 6.92 Å². The highest BCUT2D eigenvalue weighted by Crippen LogP contribution is 2.57. The van der Waals surface area contributed by atoms with Crippen LogP contribution in [0, 0.1) is 29.6 Å². The lowest BCUT2D eigenvalue weighted by Crippen LogP contribution is -2.44. The molecular formula is C16H28. The van der Waals surface area contributed by atoms with E-state index in [0.29, 0.717) is 0 Å². The van der Waals surface area contributed by atoms with E-state index in [4.69, 9.17) is 0 Å². The van der Waals surface area contributed by atoms with Crippen molar-refractivity contribution in [1.29, 1.82) is 0 Å². The largest absolute Gasteiger partial charge is 0.0654 e. The van der Waals surface area contributed by atoms with Gasteiger partial charge in [0.05, 0.1) is 0 Å². The van der Waals surface area contributed by atoms with Crippen molar-refractivity contribution in [3.8, 4) is 0 Å². The summed E-state index contributed by atoms with van der Waals surface area (Å²) in [7, 11) is 0. The fraction of sp³-hybridized carbons (Fsp3) is 1.00. The molecule has 0 amide bonds. The van der Waals surface area contributed by atoms with Crippen molar-refractivity contribution in [1.82, 2.24) is 0 Å². The van der Waals surface area contributed by atoms with Crippen LogP contribution in [0.25, 0.3) is 0 Å². The van der Waals surface area contributed by atoms with Crippen LogP contribution in [0.4, 0.5) is 0 Å². The van der Waals surface area contributed by atoms with Gasteiger partial charge in [-0.05, 0) is 68.1 Å². The summed E-state index contributed by atoms with van der Waals surface area (Å²) in [5.74, 6) is 5.81. The zero-order valence-electron chi connectivity index (χ0n) is 11.0. The fourth-order valence-electron chi connectivity index (χ4n) is 5.32. The quantitative estimate of drug-likeness (QED) is 0.570. The molecule has 4 fully saturated rings. The van der Waals surface area contributed by atoms with Gasteiger partial charge in [0.25, 0.3) is 0 Å². The van der Waals surface area contributed by atoms with Crippen LogP contribution in [-0.4, -0.2) is 0 Å². The second-order valence-corrected chi connectivity index (χ2v) is 6.94. The molecule has 4 bridgehead atoms. The van der Waals surface area contributed by atoms with Crippen molar-refractivity contribution < 1.29 is 0 Å². The lowest BCUT2D eigenvalue weighted by molar-refractivity contribution is -0.0404. The lowest BCUT2D eigenvalue weighted by atomic mass is 9.51. The molecule has 0 aliphatic heterocycles. The first-order chi connectivity index (χ1) is 7.86. The van der Waals surface area contributed by atoms with Gasteiger partial charge in [0.1, 0.15) is 0 Å². The second kappa shape index (κ2) is 4.70. The minimum absolute atomic E-state index is 1.16. The Balaban J connectivity index is 1.52. The van der Waals surface area contributed by atoms with Crippen molar-refractivity contribution in [3.05, 3.63) is 0 Å². The molecule has 0 heteroatoms. The topological polar surface area (TPSA) is 0 Å². The Hall–Kier alpha value is 0. The fourth-order valence-corrected chi connectivity index (χ4v) is 5.32. The van der Waals surface area contributed by atoms with Crippen LogP contribution in [-0.2, 0) is 0 Å². The Kier molecular flexibility index (Phi) is 3.27. The summed E-state index contributed by atoms with van der Waals surface area (Å²) in [6, 6.07) is 0. The molecule has 4 saturated carbocycles. The molecule has 0 radical (unpaired) electrons. The summed E-state index contributed by atoms with van der Waals surface area (Å²) in [5, 5.41) is 0. The second-order valence-electron chi connectivity index (χ2n) is 6.94. The van der Waals surface area contributed by atoms with Crippen LogP contribution < -0.4 is 0 Å². The zero-order valence-corrected chi connectivity index (χ0v) is 11.0. The molecular weight excluding hydrogens is 192 g/mol. The van der Waals surface area contributed by atoms with Crippen molar-refractivity contribution in [2.45, 2.75) is 71.1 Å². The SMILES string of the molecule is CCCCCCC1C2CC3CC(C2)CC1C3. The summed E-state index contributed by atoms with van der Waals surface area (Å²) >= 11 is 0. The van der Waals surface area contributed by atoms with Gasteiger partial charge in [-0.15, -0.1) is 0 Å². The van der Waals surface area contributed by atoms with E-state index in [0.717, 1.165) is 29.6 Å². The van der Waals surface area contributed by atoms with Gasteiger partial charge in [-0.3, -0.25) is 0 Å². The zero-order chi connectivity index (χ0) is 11.0. The highest BCUT2D eigenvalue weighted by molar-refractivity contribution is 4.97. The summed E-state index contributed by atoms with van der Waals surface area (Å²) < 4.78 is 0. The van der Waals surface area contributed by atoms with Crippen LogP contribution in [0.1, 0.15) is 71.1 Å². The molecule has 0 nitrogen and oxygen atoms in total. The Morgan fingerprint density at radius 2 is 1.38 bits per heavy atom. The third kappa shape index (κ3) is 2.05. The monoisotopic (exact) mass is 220 g/mol. The summed E-state index contributed by atoms with van der Waals surface area (Å²) in [6.45, 7) is 2.32. The average Bonchev–Trinajstić information content (AvgIpc) is 2.26. The van der Waals surface area contributed by atoms with Crippen LogP contribution in [0.3, 0.4) is 0 Å². The van der Waals surface area contributed by atoms with Crippen molar-refractivity contribution in [2.24, 2.45) is 29.6 Å². The number of hydrogen-bond donors (Lipinski definition) is 0. The van der Waals surface area contributed by atoms with Crippen molar-refractivity contribution in [3.63, 3.8) is 0 Å². The molecule has 0 saturated heterocycles. The first-order valence-electron chi connectivity index (χ1n) is 7.86. The molecule has 0 N–H and O–H groups in total. The highest BCUT2D eigenvalue weighted by Gasteiger charge is 2.47. The highest BCUT2D eigenvalue weighted by atomic mass is 14.5. The summed E-state index contributed by atoms with van der Waals surface area (Å²) in [4.78, 5) is 0. The molecule has 0 unspecified atom stereocenters. The van der Waals surface area contributed by atoms with Gasteiger partial charge in [-0.25, -0.2) is 0 Å². The predicted octanol–water partition coefficient (Wildman–Crippen LogP) is 5.03. The van der Waals surface area contributed by atoms with Gasteiger partial charge in [0.2, 0.25) is 0 Å². The van der Waals surface area contributed by atoms with E-state index < -0.39 is 0 Å². The maximum absolute atomic E-state index is 2.32. The van der Waals surface area contributed by atoms with Gasteiger partial charge in [-0.1, -0.05) is 32.6 Å². The first-order valence-corrected chi connectivity index (χ1v) is 7.86. The van der Waals surface area contributed by atoms with Gasteiger partial charge in [0, 0.05) is 0 Å². The molecule has 4 rings (SSSR count). The molecule has 92 valence electrons. The van der Waals surface area contributed by atoms with Crippen LogP contribution >= 0.6 is 0 Å². The van der Waals surface area contributed by atoms with E-state index in [1.807, 2.05) is 0 Å². The van der Waals surface area contributed by atoms with E-state index in [9.17, 15) is 0 Å². The van der Waals surface area contributed by atoms with Gasteiger partial charge in [-0.2, -0.15) is 0 Å². The molecule has 0 aromatic carbocycles. The smallest absolute Gasteiger partial charge is 0.0357 e. The van der Waals surface area contributed by atoms with Crippen LogP contribution in [0.15, 0.2) is 0 Å². The van der Waals surface area contributed by atoms with Crippen molar-refractivity contribution >= 4 is 0 Å². The molecule has 4 aliphatic carbocycles.